The summed E-state index contributed by atoms with van der Waals surface area (Å²) in [7, 11) is 1.93. The second-order valence-corrected chi connectivity index (χ2v) is 6.13. The van der Waals surface area contributed by atoms with E-state index in [0.29, 0.717) is 22.1 Å². The Bertz CT molecular complexity index is 476. The zero-order valence-corrected chi connectivity index (χ0v) is 13.1. The zero-order chi connectivity index (χ0) is 14.9. The van der Waals surface area contributed by atoms with Crippen LogP contribution in [0.4, 0.5) is 18.9 Å². The zero-order valence-electron chi connectivity index (χ0n) is 11.5. The fourth-order valence-corrected chi connectivity index (χ4v) is 3.22. The first-order valence-electron chi connectivity index (χ1n) is 6.62. The minimum absolute atomic E-state index is 0.398. The van der Waals surface area contributed by atoms with E-state index in [1.165, 1.54) is 12.1 Å². The number of hydrogen-bond acceptors (Lipinski definition) is 2. The number of nitrogens with zero attached hydrogens (tertiary/aromatic N) is 1. The average Bonchev–Trinajstić information content (AvgIpc) is 2.37. The van der Waals surface area contributed by atoms with Crippen LogP contribution in [-0.4, -0.2) is 26.2 Å². The molecule has 0 spiro atoms. The van der Waals surface area contributed by atoms with Crippen molar-refractivity contribution in [3.8, 4) is 0 Å². The van der Waals surface area contributed by atoms with Gasteiger partial charge in [-0.05, 0) is 53.5 Å². The molecule has 20 heavy (non-hydrogen) atoms. The molecule has 1 aromatic rings. The van der Waals surface area contributed by atoms with E-state index in [1.807, 2.05) is 11.9 Å². The summed E-state index contributed by atoms with van der Waals surface area (Å²) in [5, 5.41) is 3.26. The van der Waals surface area contributed by atoms with Crippen molar-refractivity contribution >= 4 is 21.6 Å². The van der Waals surface area contributed by atoms with Crippen LogP contribution < -0.4 is 10.2 Å². The van der Waals surface area contributed by atoms with Crippen molar-refractivity contribution in [2.24, 2.45) is 5.92 Å². The highest BCUT2D eigenvalue weighted by Crippen LogP contribution is 2.36. The monoisotopic (exact) mass is 350 g/mol. The molecule has 1 aliphatic heterocycles. The number of halogens is 4. The SMILES string of the molecule is CNC1CCN(c2cc(C(F)(F)F)ccc2Br)CC1C. The lowest BCUT2D eigenvalue weighted by Gasteiger charge is -2.38. The van der Waals surface area contributed by atoms with E-state index in [0.717, 1.165) is 25.6 Å². The summed E-state index contributed by atoms with van der Waals surface area (Å²) < 4.78 is 39.2. The number of anilines is 1. The maximum atomic E-state index is 12.8. The maximum Gasteiger partial charge on any atom is 0.416 e. The molecule has 0 bridgehead atoms. The van der Waals surface area contributed by atoms with Crippen LogP contribution in [0.5, 0.6) is 0 Å². The molecule has 6 heteroatoms. The lowest BCUT2D eigenvalue weighted by atomic mass is 9.93. The Morgan fingerprint density at radius 3 is 2.60 bits per heavy atom. The summed E-state index contributed by atoms with van der Waals surface area (Å²) in [6.07, 6.45) is -3.37. The molecular weight excluding hydrogens is 333 g/mol. The molecule has 0 radical (unpaired) electrons. The van der Waals surface area contributed by atoms with Crippen LogP contribution in [0.25, 0.3) is 0 Å². The predicted molar refractivity (Wildman–Crippen MR) is 78.0 cm³/mol. The number of hydrogen-bond donors (Lipinski definition) is 1. The Morgan fingerprint density at radius 1 is 1.35 bits per heavy atom. The Balaban J connectivity index is 2.25. The van der Waals surface area contributed by atoms with Crippen LogP contribution in [-0.2, 0) is 6.18 Å². The normalized spacial score (nSPS) is 24.0. The Hall–Kier alpha value is -0.750. The molecule has 1 N–H and O–H groups in total. The number of rotatable bonds is 2. The molecule has 1 aromatic carbocycles. The molecule has 0 aromatic heterocycles. The molecule has 1 aliphatic rings. The highest BCUT2D eigenvalue weighted by Gasteiger charge is 2.32. The lowest BCUT2D eigenvalue weighted by Crippen LogP contribution is -2.47. The second-order valence-electron chi connectivity index (χ2n) is 5.27. The molecule has 2 nitrogen and oxygen atoms in total. The highest BCUT2D eigenvalue weighted by atomic mass is 79.9. The van der Waals surface area contributed by atoms with Gasteiger partial charge in [0.25, 0.3) is 0 Å². The Kier molecular flexibility index (Phi) is 4.64. The summed E-state index contributed by atoms with van der Waals surface area (Å²) >= 11 is 3.36. The van der Waals surface area contributed by atoms with Gasteiger partial charge in [0.15, 0.2) is 0 Å². The fourth-order valence-electron chi connectivity index (χ4n) is 2.72. The van der Waals surface area contributed by atoms with Crippen LogP contribution in [0.3, 0.4) is 0 Å². The van der Waals surface area contributed by atoms with Crippen LogP contribution in [0.15, 0.2) is 22.7 Å². The molecule has 0 aliphatic carbocycles. The van der Waals surface area contributed by atoms with Crippen molar-refractivity contribution in [2.45, 2.75) is 25.6 Å². The number of benzene rings is 1. The minimum Gasteiger partial charge on any atom is -0.370 e. The average molecular weight is 351 g/mol. The van der Waals surface area contributed by atoms with Gasteiger partial charge in [-0.25, -0.2) is 0 Å². The summed E-state index contributed by atoms with van der Waals surface area (Å²) in [6.45, 7) is 3.63. The number of alkyl halides is 3. The Labute approximate surface area is 125 Å². The summed E-state index contributed by atoms with van der Waals surface area (Å²) in [6, 6.07) is 4.25. The summed E-state index contributed by atoms with van der Waals surface area (Å²) in [5.74, 6) is 0.398. The van der Waals surface area contributed by atoms with Crippen LogP contribution in [0.1, 0.15) is 18.9 Å². The van der Waals surface area contributed by atoms with Crippen molar-refractivity contribution < 1.29 is 13.2 Å². The maximum absolute atomic E-state index is 12.8. The molecule has 1 saturated heterocycles. The topological polar surface area (TPSA) is 15.3 Å². The number of nitrogens with one attached hydrogen (secondary N) is 1. The molecular formula is C14H18BrF3N2. The van der Waals surface area contributed by atoms with Crippen molar-refractivity contribution in [3.63, 3.8) is 0 Å². The number of piperidine rings is 1. The van der Waals surface area contributed by atoms with Gasteiger partial charge < -0.3 is 10.2 Å². The van der Waals surface area contributed by atoms with Crippen LogP contribution in [0.2, 0.25) is 0 Å². The molecule has 2 unspecified atom stereocenters. The smallest absolute Gasteiger partial charge is 0.370 e. The molecule has 1 fully saturated rings. The minimum atomic E-state index is -4.30. The molecule has 0 amide bonds. The first-order valence-corrected chi connectivity index (χ1v) is 7.41. The van der Waals surface area contributed by atoms with Crippen LogP contribution in [0, 0.1) is 5.92 Å². The van der Waals surface area contributed by atoms with Gasteiger partial charge in [-0.2, -0.15) is 13.2 Å². The lowest BCUT2D eigenvalue weighted by molar-refractivity contribution is -0.137. The van der Waals surface area contributed by atoms with E-state index in [1.54, 1.807) is 0 Å². The summed E-state index contributed by atoms with van der Waals surface area (Å²) in [5.41, 5.74) is 0.0281. The van der Waals surface area contributed by atoms with Gasteiger partial charge in [-0.3, -0.25) is 0 Å². The van der Waals surface area contributed by atoms with Gasteiger partial charge in [0.05, 0.1) is 11.3 Å². The molecule has 112 valence electrons. The predicted octanol–water partition coefficient (Wildman–Crippen LogP) is 3.90. The van der Waals surface area contributed by atoms with E-state index >= 15 is 0 Å². The van der Waals surface area contributed by atoms with Crippen molar-refractivity contribution in [1.29, 1.82) is 0 Å². The molecule has 2 rings (SSSR count). The summed E-state index contributed by atoms with van der Waals surface area (Å²) in [4.78, 5) is 2.03. The first kappa shape index (κ1) is 15.6. The largest absolute Gasteiger partial charge is 0.416 e. The van der Waals surface area contributed by atoms with Crippen molar-refractivity contribution in [1.82, 2.24) is 5.32 Å². The van der Waals surface area contributed by atoms with Crippen molar-refractivity contribution in [3.05, 3.63) is 28.2 Å². The van der Waals surface area contributed by atoms with E-state index in [-0.39, 0.29) is 0 Å². The van der Waals surface area contributed by atoms with Gasteiger partial charge in [-0.15, -0.1) is 0 Å². The molecule has 1 heterocycles. The van der Waals surface area contributed by atoms with Gasteiger partial charge in [0, 0.05) is 23.6 Å². The highest BCUT2D eigenvalue weighted by molar-refractivity contribution is 9.10. The van der Waals surface area contributed by atoms with Gasteiger partial charge in [-0.1, -0.05) is 6.92 Å². The third-order valence-electron chi connectivity index (χ3n) is 3.89. The van der Waals surface area contributed by atoms with Gasteiger partial charge >= 0.3 is 6.18 Å². The third-order valence-corrected chi connectivity index (χ3v) is 4.56. The second kappa shape index (κ2) is 5.93. The van der Waals surface area contributed by atoms with E-state index in [2.05, 4.69) is 28.2 Å². The molecule has 2 atom stereocenters. The van der Waals surface area contributed by atoms with Gasteiger partial charge in [0.1, 0.15) is 0 Å². The molecule has 0 saturated carbocycles. The Morgan fingerprint density at radius 2 is 2.05 bits per heavy atom. The van der Waals surface area contributed by atoms with Crippen LogP contribution >= 0.6 is 15.9 Å². The van der Waals surface area contributed by atoms with E-state index < -0.39 is 11.7 Å². The standard InChI is InChI=1S/C14H18BrF3N2/c1-9-8-20(6-5-12(9)19-2)13-7-10(14(16,17)18)3-4-11(13)15/h3-4,7,9,12,19H,5-6,8H2,1-2H3. The first-order chi connectivity index (χ1) is 9.32. The van der Waals surface area contributed by atoms with Gasteiger partial charge in [0.2, 0.25) is 0 Å². The third kappa shape index (κ3) is 3.28. The quantitative estimate of drug-likeness (QED) is 0.869. The van der Waals surface area contributed by atoms with E-state index in [9.17, 15) is 13.2 Å². The van der Waals surface area contributed by atoms with Crippen molar-refractivity contribution in [2.75, 3.05) is 25.0 Å². The van der Waals surface area contributed by atoms with E-state index in [4.69, 9.17) is 0 Å². The fraction of sp³-hybridized carbons (Fsp3) is 0.571.